The van der Waals surface area contributed by atoms with E-state index in [0.29, 0.717) is 45.5 Å². The van der Waals surface area contributed by atoms with E-state index >= 15 is 0 Å². The van der Waals surface area contributed by atoms with Crippen molar-refractivity contribution in [3.63, 3.8) is 0 Å². The summed E-state index contributed by atoms with van der Waals surface area (Å²) < 4.78 is 4.69. The quantitative estimate of drug-likeness (QED) is 0.107. The molecule has 4 aliphatic rings. The van der Waals surface area contributed by atoms with Gasteiger partial charge in [0.2, 0.25) is 0 Å². The maximum atomic E-state index is 14.0. The van der Waals surface area contributed by atoms with Gasteiger partial charge in [-0.15, -0.1) is 45.3 Å². The number of benzene rings is 8. The molecule has 0 saturated carbocycles. The Kier molecular flexibility index (Phi) is 12.8. The zero-order valence-corrected chi connectivity index (χ0v) is 52.7. The number of thiophene rings is 4. The zero-order chi connectivity index (χ0) is 62.2. The van der Waals surface area contributed by atoms with E-state index in [1.54, 1.807) is 65.3 Å². The summed E-state index contributed by atoms with van der Waals surface area (Å²) in [6.45, 7) is 8.87. The van der Waals surface area contributed by atoms with Crippen molar-refractivity contribution in [1.29, 1.82) is 21.0 Å². The summed E-state index contributed by atoms with van der Waals surface area (Å²) in [7, 11) is 0. The van der Waals surface area contributed by atoms with E-state index in [9.17, 15) is 30.6 Å². The van der Waals surface area contributed by atoms with Crippen molar-refractivity contribution in [2.24, 2.45) is 0 Å². The first-order valence-corrected chi connectivity index (χ1v) is 33.0. The van der Waals surface area contributed by atoms with Gasteiger partial charge in [-0.2, -0.15) is 21.0 Å². The summed E-state index contributed by atoms with van der Waals surface area (Å²) in [6, 6.07) is 72.8. The molecule has 0 unspecified atom stereocenters. The van der Waals surface area contributed by atoms with Crippen LogP contribution in [0.3, 0.4) is 0 Å². The minimum Gasteiger partial charge on any atom is -0.373 e. The lowest BCUT2D eigenvalue weighted by molar-refractivity contribution is 0.103. The van der Waals surface area contributed by atoms with Crippen molar-refractivity contribution in [3.05, 3.63) is 306 Å². The molecule has 8 nitrogen and oxygen atoms in total. The van der Waals surface area contributed by atoms with E-state index in [0.717, 1.165) is 30.2 Å². The van der Waals surface area contributed by atoms with Crippen LogP contribution in [0.2, 0.25) is 0 Å². The van der Waals surface area contributed by atoms with E-state index in [4.69, 9.17) is 0 Å². The van der Waals surface area contributed by atoms with Crippen molar-refractivity contribution in [1.82, 2.24) is 0 Å². The van der Waals surface area contributed by atoms with Crippen LogP contribution in [0.4, 0.5) is 10.0 Å². The number of carbonyl (C=O) groups is 2. The Morgan fingerprint density at radius 2 is 0.813 bits per heavy atom. The molecule has 4 aliphatic carbocycles. The molecule has 0 atom stereocenters. The molecule has 12 heteroatoms. The van der Waals surface area contributed by atoms with Gasteiger partial charge in [-0.25, -0.2) is 0 Å². The molecule has 0 saturated heterocycles. The number of nitriles is 4. The number of nitrogens with one attached hydrogen (secondary N) is 2. The van der Waals surface area contributed by atoms with Crippen LogP contribution in [0.25, 0.3) is 61.6 Å². The predicted octanol–water partition coefficient (Wildman–Crippen LogP) is 19.4. The molecule has 0 radical (unpaired) electrons. The van der Waals surface area contributed by atoms with Crippen molar-refractivity contribution in [2.45, 2.75) is 38.5 Å². The average molecular weight is 1240 g/mol. The fourth-order valence-corrected chi connectivity index (χ4v) is 19.6. The summed E-state index contributed by atoms with van der Waals surface area (Å²) in [5, 5.41) is 51.1. The summed E-state index contributed by atoms with van der Waals surface area (Å²) in [5.41, 5.74) is 18.5. The van der Waals surface area contributed by atoms with E-state index in [-0.39, 0.29) is 28.3 Å². The molecule has 4 aromatic heterocycles. The second-order valence-electron chi connectivity index (χ2n) is 23.7. The molecule has 430 valence electrons. The maximum absolute atomic E-state index is 14.0. The van der Waals surface area contributed by atoms with E-state index in [1.807, 2.05) is 65.2 Å². The first kappa shape index (κ1) is 55.5. The number of anilines is 2. The molecule has 16 rings (SSSR count). The fraction of sp³-hybridized carbons (Fsp3) is 0.0886. The first-order valence-electron chi connectivity index (χ1n) is 29.7. The third kappa shape index (κ3) is 8.05. The standard InChI is InChI=1S/C79H48N6O2S4/c1-42-13-21-50(22-14-42)78(51-23-15-43(2)16-24-51)62-31-46-33-66(84-30-29-58-68(48(37-80)38-81)54-9-5-7-11-56(54)72(58)86)88-64(46)35-59(62)74-70(78)76-77(90-74)71-75(91-76)60-36-65-47(32-63(60)79(71,52-25-17-44(3)18-26-52)53-27-19-45(4)20-28-53)34-67(89-65)85-41-61-69(49(39-82)40-83)55-10-6-8-12-57(55)73(61)87/h5-29,31-36,41,84-85H,30H2,1-4H3/b58-29-,61-41-. The Balaban J connectivity index is 0.904. The third-order valence-electron chi connectivity index (χ3n) is 18.6. The van der Waals surface area contributed by atoms with Crippen molar-refractivity contribution < 1.29 is 9.59 Å². The van der Waals surface area contributed by atoms with Crippen LogP contribution in [0, 0.1) is 73.0 Å². The Bertz CT molecular complexity index is 5430. The smallest absolute Gasteiger partial charge is 0.195 e. The number of carbonyl (C=O) groups excluding carboxylic acids is 2. The lowest BCUT2D eigenvalue weighted by Gasteiger charge is -2.34. The van der Waals surface area contributed by atoms with Crippen LogP contribution in [0.5, 0.6) is 0 Å². The van der Waals surface area contributed by atoms with Crippen molar-refractivity contribution in [2.75, 3.05) is 17.2 Å². The zero-order valence-electron chi connectivity index (χ0n) is 49.4. The maximum Gasteiger partial charge on any atom is 0.195 e. The topological polar surface area (TPSA) is 153 Å². The Hall–Kier alpha value is -10.8. The molecule has 8 aromatic carbocycles. The van der Waals surface area contributed by atoms with Crippen LogP contribution in [0.1, 0.15) is 98.6 Å². The van der Waals surface area contributed by atoms with Gasteiger partial charge in [0.05, 0.1) is 30.2 Å². The van der Waals surface area contributed by atoms with Crippen LogP contribution < -0.4 is 10.6 Å². The molecule has 91 heavy (non-hydrogen) atoms. The van der Waals surface area contributed by atoms with Crippen LogP contribution in [-0.4, -0.2) is 18.1 Å². The van der Waals surface area contributed by atoms with Crippen molar-refractivity contribution >= 4 is 108 Å². The van der Waals surface area contributed by atoms with Gasteiger partial charge in [0, 0.05) is 76.4 Å². The number of fused-ring (bicyclic) bond motifs is 13. The SMILES string of the molecule is Cc1ccc(C2(c3ccc(C)cc3)c3cc4cc(N/C=C5\C(=O)c6ccccc6C5=C(C#N)C#N)sc4cc3-c3sc4c5c(sc4c32)-c2cc3sc(NC/C=C4\C(=O)c6ccccc6C4=C(C#N)C#N)cc3cc2C5(c2ccc(C)cc2)c2ccc(C)cc2)cc1. The van der Waals surface area contributed by atoms with E-state index in [2.05, 4.69) is 172 Å². The van der Waals surface area contributed by atoms with Gasteiger partial charge >= 0.3 is 0 Å². The number of allylic oxidation sites excluding steroid dienone is 6. The number of Topliss-reactive ketones (excluding diaryl/α,β-unsaturated/α-hetero) is 2. The van der Waals surface area contributed by atoms with Gasteiger partial charge in [-0.1, -0.05) is 174 Å². The first-order chi connectivity index (χ1) is 44.4. The number of aryl methyl sites for hydroxylation is 4. The lowest BCUT2D eigenvalue weighted by Crippen LogP contribution is -2.29. The van der Waals surface area contributed by atoms with Gasteiger partial charge in [0.1, 0.15) is 35.4 Å². The lowest BCUT2D eigenvalue weighted by atomic mass is 9.66. The fourth-order valence-electron chi connectivity index (χ4n) is 14.5. The second-order valence-corrected chi connectivity index (χ2v) is 27.9. The molecule has 2 N–H and O–H groups in total. The minimum absolute atomic E-state index is 0.0851. The summed E-state index contributed by atoms with van der Waals surface area (Å²) in [6.07, 6.45) is 3.46. The molecule has 4 heterocycles. The molecule has 0 amide bonds. The largest absolute Gasteiger partial charge is 0.373 e. The monoisotopic (exact) mass is 1240 g/mol. The van der Waals surface area contributed by atoms with Crippen molar-refractivity contribution in [3.8, 4) is 45.2 Å². The Labute approximate surface area is 540 Å². The van der Waals surface area contributed by atoms with Gasteiger partial charge in [0.15, 0.2) is 11.6 Å². The molecule has 0 aliphatic heterocycles. The third-order valence-corrected chi connectivity index (χ3v) is 23.3. The minimum atomic E-state index is -0.763. The molecule has 12 aromatic rings. The molecule has 0 bridgehead atoms. The highest BCUT2D eigenvalue weighted by molar-refractivity contribution is 7.32. The Morgan fingerprint density at radius 3 is 1.23 bits per heavy atom. The average Bonchev–Trinajstić information content (AvgIpc) is 1.49. The molecular formula is C79H48N6O2S4. The highest BCUT2D eigenvalue weighted by Crippen LogP contribution is 2.69. The summed E-state index contributed by atoms with van der Waals surface area (Å²) in [4.78, 5) is 30.3. The van der Waals surface area contributed by atoms with Gasteiger partial charge in [0.25, 0.3) is 0 Å². The Morgan fingerprint density at radius 1 is 0.440 bits per heavy atom. The van der Waals surface area contributed by atoms with Crippen LogP contribution >= 0.6 is 45.3 Å². The summed E-state index contributed by atoms with van der Waals surface area (Å²) >= 11 is 7.08. The molecule has 0 fully saturated rings. The van der Waals surface area contributed by atoms with Crippen LogP contribution in [-0.2, 0) is 10.8 Å². The normalized spacial score (nSPS) is 15.3. The summed E-state index contributed by atoms with van der Waals surface area (Å²) in [5.74, 6) is -0.439. The van der Waals surface area contributed by atoms with Gasteiger partial charge < -0.3 is 10.6 Å². The van der Waals surface area contributed by atoms with Gasteiger partial charge in [-0.3, -0.25) is 9.59 Å². The molecule has 0 spiro atoms. The number of nitrogens with zero attached hydrogens (tertiary/aromatic N) is 4. The number of hydrogen-bond donors (Lipinski definition) is 2. The number of ketones is 2. The molecular weight excluding hydrogens is 1190 g/mol. The highest BCUT2D eigenvalue weighted by Gasteiger charge is 2.54. The van der Waals surface area contributed by atoms with Gasteiger partial charge in [-0.05, 0) is 131 Å². The number of hydrogen-bond acceptors (Lipinski definition) is 12. The predicted molar refractivity (Wildman–Crippen MR) is 370 cm³/mol. The number of rotatable bonds is 9. The second kappa shape index (κ2) is 20.9. The van der Waals surface area contributed by atoms with E-state index < -0.39 is 10.8 Å². The highest BCUT2D eigenvalue weighted by atomic mass is 32.1. The van der Waals surface area contributed by atoms with Crippen LogP contribution in [0.15, 0.2) is 217 Å². The van der Waals surface area contributed by atoms with E-state index in [1.165, 1.54) is 97.0 Å².